The summed E-state index contributed by atoms with van der Waals surface area (Å²) in [7, 11) is -3.02. The summed E-state index contributed by atoms with van der Waals surface area (Å²) < 4.78 is 23.0. The fourth-order valence-corrected chi connectivity index (χ4v) is 5.84. The van der Waals surface area contributed by atoms with Gasteiger partial charge in [0.2, 0.25) is 0 Å². The van der Waals surface area contributed by atoms with Crippen molar-refractivity contribution in [1.29, 1.82) is 0 Å². The van der Waals surface area contributed by atoms with Crippen LogP contribution in [0, 0.1) is 0 Å². The molecule has 2 aromatic rings. The molecular formula is C18H17Cl2NO3S2. The van der Waals surface area contributed by atoms with E-state index < -0.39 is 9.84 Å². The lowest BCUT2D eigenvalue weighted by Gasteiger charge is -2.11. The summed E-state index contributed by atoms with van der Waals surface area (Å²) >= 11 is 13.7. The van der Waals surface area contributed by atoms with E-state index in [1.54, 1.807) is 18.2 Å². The van der Waals surface area contributed by atoms with Gasteiger partial charge in [0.15, 0.2) is 9.84 Å². The van der Waals surface area contributed by atoms with Gasteiger partial charge in [-0.3, -0.25) is 4.79 Å². The average Bonchev–Trinajstić information content (AvgIpc) is 2.94. The number of thioether (sulfide) groups is 1. The van der Waals surface area contributed by atoms with E-state index in [1.807, 2.05) is 24.3 Å². The van der Waals surface area contributed by atoms with Gasteiger partial charge in [0.05, 0.1) is 16.5 Å². The first-order valence-corrected chi connectivity index (χ1v) is 11.6. The van der Waals surface area contributed by atoms with E-state index in [2.05, 4.69) is 5.32 Å². The van der Waals surface area contributed by atoms with E-state index in [1.165, 1.54) is 11.8 Å². The molecular weight excluding hydrogens is 413 g/mol. The van der Waals surface area contributed by atoms with Gasteiger partial charge in [-0.2, -0.15) is 0 Å². The second-order valence-electron chi connectivity index (χ2n) is 6.14. The van der Waals surface area contributed by atoms with Crippen molar-refractivity contribution in [2.75, 3.05) is 11.5 Å². The van der Waals surface area contributed by atoms with Gasteiger partial charge in [-0.1, -0.05) is 35.3 Å². The highest BCUT2D eigenvalue weighted by Gasteiger charge is 2.29. The number of hydrogen-bond acceptors (Lipinski definition) is 4. The molecule has 0 radical (unpaired) electrons. The minimum Gasteiger partial charge on any atom is -0.348 e. The Hall–Kier alpha value is -1.21. The minimum atomic E-state index is -3.02. The Bertz CT molecular complexity index is 932. The molecule has 3 rings (SSSR count). The van der Waals surface area contributed by atoms with Crippen molar-refractivity contribution in [3.8, 4) is 0 Å². The van der Waals surface area contributed by atoms with Crippen molar-refractivity contribution in [1.82, 2.24) is 5.32 Å². The summed E-state index contributed by atoms with van der Waals surface area (Å²) in [6, 6.07) is 12.3. The first-order valence-electron chi connectivity index (χ1n) is 8.00. The third-order valence-corrected chi connectivity index (χ3v) is 7.62. The van der Waals surface area contributed by atoms with Crippen LogP contribution in [0.25, 0.3) is 0 Å². The summed E-state index contributed by atoms with van der Waals surface area (Å²) in [5.74, 6) is 0.537. The van der Waals surface area contributed by atoms with Gasteiger partial charge in [0, 0.05) is 27.3 Å². The SMILES string of the molecule is O=C(NC1CCS(=O)(=O)C1)c1cccc(CSc2cc(Cl)ccc2Cl)c1. The topological polar surface area (TPSA) is 63.2 Å². The molecule has 0 bridgehead atoms. The van der Waals surface area contributed by atoms with E-state index in [9.17, 15) is 13.2 Å². The standard InChI is InChI=1S/C18H17Cl2NO3S2/c19-14-4-5-16(20)17(9-14)25-10-12-2-1-3-13(8-12)18(22)21-15-6-7-26(23,24)11-15/h1-5,8-9,15H,6-7,10-11H2,(H,21,22). The van der Waals surface area contributed by atoms with Gasteiger partial charge in [0.1, 0.15) is 0 Å². The number of sulfone groups is 1. The number of amides is 1. The normalized spacial score (nSPS) is 18.6. The van der Waals surface area contributed by atoms with E-state index >= 15 is 0 Å². The largest absolute Gasteiger partial charge is 0.348 e. The molecule has 1 unspecified atom stereocenters. The van der Waals surface area contributed by atoms with Crippen molar-refractivity contribution in [3.63, 3.8) is 0 Å². The molecule has 1 fully saturated rings. The molecule has 1 atom stereocenters. The smallest absolute Gasteiger partial charge is 0.251 e. The van der Waals surface area contributed by atoms with Crippen LogP contribution in [0.4, 0.5) is 0 Å². The number of rotatable bonds is 5. The molecule has 0 saturated carbocycles. The summed E-state index contributed by atoms with van der Waals surface area (Å²) in [5.41, 5.74) is 1.49. The third kappa shape index (κ3) is 5.16. The zero-order valence-corrected chi connectivity index (χ0v) is 16.9. The summed E-state index contributed by atoms with van der Waals surface area (Å²) in [4.78, 5) is 13.3. The second-order valence-corrected chi connectivity index (χ2v) is 10.2. The van der Waals surface area contributed by atoms with Crippen molar-refractivity contribution in [2.45, 2.75) is 23.1 Å². The lowest BCUT2D eigenvalue weighted by atomic mass is 10.1. The highest BCUT2D eigenvalue weighted by atomic mass is 35.5. The highest BCUT2D eigenvalue weighted by molar-refractivity contribution is 7.98. The fraction of sp³-hybridized carbons (Fsp3) is 0.278. The number of hydrogen-bond donors (Lipinski definition) is 1. The number of carbonyl (C=O) groups excluding carboxylic acids is 1. The maximum Gasteiger partial charge on any atom is 0.251 e. The number of benzene rings is 2. The molecule has 0 aromatic heterocycles. The first kappa shape index (κ1) is 19.5. The van der Waals surface area contributed by atoms with Gasteiger partial charge in [-0.25, -0.2) is 8.42 Å². The van der Waals surface area contributed by atoms with Gasteiger partial charge >= 0.3 is 0 Å². The van der Waals surface area contributed by atoms with Gasteiger partial charge < -0.3 is 5.32 Å². The Morgan fingerprint density at radius 1 is 1.19 bits per heavy atom. The zero-order valence-electron chi connectivity index (χ0n) is 13.7. The molecule has 0 spiro atoms. The van der Waals surface area contributed by atoms with Crippen molar-refractivity contribution < 1.29 is 13.2 Å². The Balaban J connectivity index is 1.64. The van der Waals surface area contributed by atoms with Crippen LogP contribution >= 0.6 is 35.0 Å². The van der Waals surface area contributed by atoms with Gasteiger partial charge in [-0.05, 0) is 42.3 Å². The van der Waals surface area contributed by atoms with Gasteiger partial charge in [0.25, 0.3) is 5.91 Å². The Kier molecular flexibility index (Phi) is 6.17. The summed E-state index contributed by atoms with van der Waals surface area (Å²) in [6.45, 7) is 0. The maximum atomic E-state index is 12.4. The molecule has 26 heavy (non-hydrogen) atoms. The highest BCUT2D eigenvalue weighted by Crippen LogP contribution is 2.32. The molecule has 1 heterocycles. The molecule has 1 aliphatic heterocycles. The Labute approximate surface area is 167 Å². The lowest BCUT2D eigenvalue weighted by Crippen LogP contribution is -2.35. The molecule has 1 aliphatic rings. The van der Waals surface area contributed by atoms with Crippen LogP contribution in [-0.2, 0) is 15.6 Å². The van der Waals surface area contributed by atoms with Crippen LogP contribution in [-0.4, -0.2) is 31.9 Å². The molecule has 138 valence electrons. The van der Waals surface area contributed by atoms with Gasteiger partial charge in [-0.15, -0.1) is 11.8 Å². The quantitative estimate of drug-likeness (QED) is 0.723. The van der Waals surface area contributed by atoms with Crippen molar-refractivity contribution >= 4 is 50.7 Å². The zero-order chi connectivity index (χ0) is 18.7. The second kappa shape index (κ2) is 8.21. The van der Waals surface area contributed by atoms with Crippen LogP contribution in [0.15, 0.2) is 47.4 Å². The number of halogens is 2. The Morgan fingerprint density at radius 2 is 2.00 bits per heavy atom. The molecule has 1 saturated heterocycles. The summed E-state index contributed by atoms with van der Waals surface area (Å²) in [6.07, 6.45) is 0.469. The minimum absolute atomic E-state index is 0.0154. The number of nitrogens with one attached hydrogen (secondary N) is 1. The monoisotopic (exact) mass is 429 g/mol. The molecule has 8 heteroatoms. The molecule has 0 aliphatic carbocycles. The predicted octanol–water partition coefficient (Wildman–Crippen LogP) is 4.20. The molecule has 1 amide bonds. The van der Waals surface area contributed by atoms with E-state index in [0.717, 1.165) is 10.5 Å². The molecule has 4 nitrogen and oxygen atoms in total. The van der Waals surface area contributed by atoms with Crippen LogP contribution in [0.3, 0.4) is 0 Å². The fourth-order valence-electron chi connectivity index (χ4n) is 2.73. The van der Waals surface area contributed by atoms with Crippen molar-refractivity contribution in [2.24, 2.45) is 0 Å². The predicted molar refractivity (Wildman–Crippen MR) is 107 cm³/mol. The van der Waals surface area contributed by atoms with Crippen LogP contribution in [0.5, 0.6) is 0 Å². The maximum absolute atomic E-state index is 12.4. The Morgan fingerprint density at radius 3 is 2.73 bits per heavy atom. The van der Waals surface area contributed by atoms with E-state index in [4.69, 9.17) is 23.2 Å². The first-order chi connectivity index (χ1) is 12.3. The number of carbonyl (C=O) groups is 1. The van der Waals surface area contributed by atoms with Crippen LogP contribution in [0.2, 0.25) is 10.0 Å². The summed E-state index contributed by atoms with van der Waals surface area (Å²) in [5, 5.41) is 4.06. The van der Waals surface area contributed by atoms with E-state index in [-0.39, 0.29) is 23.5 Å². The van der Waals surface area contributed by atoms with Crippen LogP contribution < -0.4 is 5.32 Å². The average molecular weight is 430 g/mol. The van der Waals surface area contributed by atoms with Crippen molar-refractivity contribution in [3.05, 3.63) is 63.6 Å². The lowest BCUT2D eigenvalue weighted by molar-refractivity contribution is 0.0941. The third-order valence-electron chi connectivity index (χ3n) is 4.04. The molecule has 2 aromatic carbocycles. The van der Waals surface area contributed by atoms with E-state index in [0.29, 0.717) is 27.8 Å². The molecule has 1 N–H and O–H groups in total. The van der Waals surface area contributed by atoms with Crippen LogP contribution in [0.1, 0.15) is 22.3 Å².